The van der Waals surface area contributed by atoms with Gasteiger partial charge in [-0.1, -0.05) is 0 Å². The molecule has 0 aromatic heterocycles. The molecule has 0 heterocycles. The van der Waals surface area contributed by atoms with Crippen LogP contribution in [-0.4, -0.2) is 18.0 Å². The Morgan fingerprint density at radius 3 is 2.93 bits per heavy atom. The summed E-state index contributed by atoms with van der Waals surface area (Å²) in [6.07, 6.45) is 8.43. The van der Waals surface area contributed by atoms with E-state index >= 15 is 0 Å². The Morgan fingerprint density at radius 2 is 2.43 bits per heavy atom. The SMILES string of the molecule is C#CCC(C)NC(=O)C1CCC(N)C1. The number of carbonyl (C=O) groups is 1. The molecule has 1 saturated carbocycles. The molecule has 3 N–H and O–H groups in total. The molecule has 0 aromatic rings. The highest BCUT2D eigenvalue weighted by molar-refractivity contribution is 5.79. The maximum Gasteiger partial charge on any atom is 0.223 e. The van der Waals surface area contributed by atoms with Crippen LogP contribution in [0.5, 0.6) is 0 Å². The lowest BCUT2D eigenvalue weighted by molar-refractivity contribution is -0.125. The number of carbonyl (C=O) groups excluding carboxylic acids is 1. The van der Waals surface area contributed by atoms with E-state index in [0.29, 0.717) is 6.42 Å². The van der Waals surface area contributed by atoms with Crippen LogP contribution in [0.1, 0.15) is 32.6 Å². The lowest BCUT2D eigenvalue weighted by atomic mass is 10.1. The third-order valence-corrected chi connectivity index (χ3v) is 2.66. The molecule has 3 nitrogen and oxygen atoms in total. The Morgan fingerprint density at radius 1 is 1.71 bits per heavy atom. The number of amides is 1. The summed E-state index contributed by atoms with van der Waals surface area (Å²) >= 11 is 0. The fraction of sp³-hybridized carbons (Fsp3) is 0.727. The Hall–Kier alpha value is -1.01. The molecule has 3 unspecified atom stereocenters. The van der Waals surface area contributed by atoms with E-state index in [4.69, 9.17) is 12.2 Å². The average Bonchev–Trinajstić information content (AvgIpc) is 2.52. The van der Waals surface area contributed by atoms with Crippen molar-refractivity contribution in [3.8, 4) is 12.3 Å². The maximum atomic E-state index is 11.6. The Labute approximate surface area is 85.4 Å². The summed E-state index contributed by atoms with van der Waals surface area (Å²) in [5, 5.41) is 2.91. The van der Waals surface area contributed by atoms with Gasteiger partial charge in [0.1, 0.15) is 0 Å². The molecule has 3 heteroatoms. The van der Waals surface area contributed by atoms with E-state index in [1.165, 1.54) is 0 Å². The van der Waals surface area contributed by atoms with E-state index in [0.717, 1.165) is 19.3 Å². The molecule has 78 valence electrons. The third kappa shape index (κ3) is 3.04. The first-order valence-corrected chi connectivity index (χ1v) is 5.13. The van der Waals surface area contributed by atoms with Crippen molar-refractivity contribution < 1.29 is 4.79 Å². The van der Waals surface area contributed by atoms with Crippen molar-refractivity contribution in [2.45, 2.75) is 44.7 Å². The zero-order valence-corrected chi connectivity index (χ0v) is 8.62. The van der Waals surface area contributed by atoms with Crippen LogP contribution in [0, 0.1) is 18.3 Å². The number of nitrogens with one attached hydrogen (secondary N) is 1. The second kappa shape index (κ2) is 5.02. The van der Waals surface area contributed by atoms with Crippen LogP contribution in [0.2, 0.25) is 0 Å². The predicted molar refractivity (Wildman–Crippen MR) is 56.4 cm³/mol. The molecular weight excluding hydrogens is 176 g/mol. The fourth-order valence-corrected chi connectivity index (χ4v) is 1.84. The molecule has 0 aliphatic heterocycles. The largest absolute Gasteiger partial charge is 0.352 e. The van der Waals surface area contributed by atoms with Gasteiger partial charge < -0.3 is 11.1 Å². The summed E-state index contributed by atoms with van der Waals surface area (Å²) in [7, 11) is 0. The van der Waals surface area contributed by atoms with Crippen molar-refractivity contribution in [2.75, 3.05) is 0 Å². The summed E-state index contributed by atoms with van der Waals surface area (Å²) in [5.41, 5.74) is 5.74. The fourth-order valence-electron chi connectivity index (χ4n) is 1.84. The summed E-state index contributed by atoms with van der Waals surface area (Å²) in [4.78, 5) is 11.6. The van der Waals surface area contributed by atoms with Gasteiger partial charge in [-0.05, 0) is 26.2 Å². The van der Waals surface area contributed by atoms with Crippen LogP contribution >= 0.6 is 0 Å². The summed E-state index contributed by atoms with van der Waals surface area (Å²) in [5.74, 6) is 2.75. The van der Waals surface area contributed by atoms with Crippen LogP contribution in [0.3, 0.4) is 0 Å². The molecular formula is C11H18N2O. The molecule has 3 atom stereocenters. The van der Waals surface area contributed by atoms with Crippen molar-refractivity contribution in [3.63, 3.8) is 0 Å². The molecule has 0 spiro atoms. The first-order valence-electron chi connectivity index (χ1n) is 5.13. The monoisotopic (exact) mass is 194 g/mol. The van der Waals surface area contributed by atoms with Gasteiger partial charge in [-0.15, -0.1) is 12.3 Å². The topological polar surface area (TPSA) is 55.1 Å². The van der Waals surface area contributed by atoms with Gasteiger partial charge >= 0.3 is 0 Å². The number of terminal acetylenes is 1. The van der Waals surface area contributed by atoms with Gasteiger partial charge in [0.15, 0.2) is 0 Å². The molecule has 1 rings (SSSR count). The number of nitrogens with two attached hydrogens (primary N) is 1. The first-order chi connectivity index (χ1) is 6.63. The molecule has 0 bridgehead atoms. The minimum atomic E-state index is 0.0734. The number of rotatable bonds is 3. The second-order valence-electron chi connectivity index (χ2n) is 4.09. The van der Waals surface area contributed by atoms with Crippen molar-refractivity contribution in [1.29, 1.82) is 0 Å². The van der Waals surface area contributed by atoms with Gasteiger partial charge in [-0.3, -0.25) is 4.79 Å². The zero-order chi connectivity index (χ0) is 10.6. The van der Waals surface area contributed by atoms with Gasteiger partial charge in [-0.25, -0.2) is 0 Å². The van der Waals surface area contributed by atoms with E-state index in [-0.39, 0.29) is 23.9 Å². The van der Waals surface area contributed by atoms with E-state index in [1.807, 2.05) is 6.92 Å². The maximum absolute atomic E-state index is 11.6. The average molecular weight is 194 g/mol. The number of hydrogen-bond acceptors (Lipinski definition) is 2. The van der Waals surface area contributed by atoms with Crippen LogP contribution in [0.4, 0.5) is 0 Å². The van der Waals surface area contributed by atoms with Crippen molar-refractivity contribution in [1.82, 2.24) is 5.32 Å². The van der Waals surface area contributed by atoms with Gasteiger partial charge in [0, 0.05) is 24.4 Å². The van der Waals surface area contributed by atoms with Gasteiger partial charge in [0.25, 0.3) is 0 Å². The normalized spacial score (nSPS) is 28.1. The highest BCUT2D eigenvalue weighted by Gasteiger charge is 2.28. The summed E-state index contributed by atoms with van der Waals surface area (Å²) in [6.45, 7) is 1.92. The lowest BCUT2D eigenvalue weighted by Crippen LogP contribution is -2.36. The van der Waals surface area contributed by atoms with Gasteiger partial charge in [-0.2, -0.15) is 0 Å². The van der Waals surface area contributed by atoms with Crippen LogP contribution in [0.25, 0.3) is 0 Å². The molecule has 0 aromatic carbocycles. The third-order valence-electron chi connectivity index (χ3n) is 2.66. The molecule has 1 aliphatic rings. The smallest absolute Gasteiger partial charge is 0.223 e. The quantitative estimate of drug-likeness (QED) is 0.648. The molecule has 1 fully saturated rings. The number of hydrogen-bond donors (Lipinski definition) is 2. The van der Waals surface area contributed by atoms with Crippen molar-refractivity contribution in [3.05, 3.63) is 0 Å². The standard InChI is InChI=1S/C11H18N2O/c1-3-4-8(2)13-11(14)9-5-6-10(12)7-9/h1,8-10H,4-7,12H2,2H3,(H,13,14). The van der Waals surface area contributed by atoms with E-state index in [2.05, 4.69) is 11.2 Å². The summed E-state index contributed by atoms with van der Waals surface area (Å²) < 4.78 is 0. The van der Waals surface area contributed by atoms with Crippen LogP contribution in [-0.2, 0) is 4.79 Å². The molecule has 0 radical (unpaired) electrons. The van der Waals surface area contributed by atoms with E-state index in [1.54, 1.807) is 0 Å². The highest BCUT2D eigenvalue weighted by atomic mass is 16.1. The molecule has 1 aliphatic carbocycles. The Kier molecular flexibility index (Phi) is 3.97. The predicted octanol–water partition coefficient (Wildman–Crippen LogP) is 0.642. The highest BCUT2D eigenvalue weighted by Crippen LogP contribution is 2.24. The lowest BCUT2D eigenvalue weighted by Gasteiger charge is -2.14. The first kappa shape index (κ1) is 11.1. The molecule has 0 saturated heterocycles. The van der Waals surface area contributed by atoms with Crippen molar-refractivity contribution in [2.24, 2.45) is 11.7 Å². The zero-order valence-electron chi connectivity index (χ0n) is 8.62. The van der Waals surface area contributed by atoms with Crippen LogP contribution in [0.15, 0.2) is 0 Å². The van der Waals surface area contributed by atoms with Crippen molar-refractivity contribution >= 4 is 5.91 Å². The minimum Gasteiger partial charge on any atom is -0.352 e. The Bertz CT molecular complexity index is 244. The molecule has 1 amide bonds. The van der Waals surface area contributed by atoms with Crippen LogP contribution < -0.4 is 11.1 Å². The van der Waals surface area contributed by atoms with Gasteiger partial charge in [0.05, 0.1) is 0 Å². The van der Waals surface area contributed by atoms with Gasteiger partial charge in [0.2, 0.25) is 5.91 Å². The van der Waals surface area contributed by atoms with E-state index in [9.17, 15) is 4.79 Å². The Balaban J connectivity index is 2.32. The van der Waals surface area contributed by atoms with E-state index < -0.39 is 0 Å². The second-order valence-corrected chi connectivity index (χ2v) is 4.09. The molecule has 14 heavy (non-hydrogen) atoms. The summed E-state index contributed by atoms with van der Waals surface area (Å²) in [6, 6.07) is 0.276. The minimum absolute atomic E-state index is 0.0734.